The Morgan fingerprint density at radius 1 is 1.00 bits per heavy atom. The van der Waals surface area contributed by atoms with Crippen LogP contribution in [0, 0.1) is 29.6 Å². The summed E-state index contributed by atoms with van der Waals surface area (Å²) >= 11 is 0. The van der Waals surface area contributed by atoms with Gasteiger partial charge in [0, 0.05) is 12.6 Å². The molecular formula is C15H28N2. The summed E-state index contributed by atoms with van der Waals surface area (Å²) in [5, 5.41) is 0. The lowest BCUT2D eigenvalue weighted by molar-refractivity contribution is -0.0468. The van der Waals surface area contributed by atoms with E-state index in [0.717, 1.165) is 36.1 Å². The van der Waals surface area contributed by atoms with Crippen molar-refractivity contribution >= 4 is 0 Å². The molecule has 0 aromatic carbocycles. The van der Waals surface area contributed by atoms with Gasteiger partial charge in [-0.25, -0.2) is 0 Å². The zero-order valence-corrected chi connectivity index (χ0v) is 11.4. The molecular weight excluding hydrogens is 208 g/mol. The third-order valence-electron chi connectivity index (χ3n) is 5.97. The molecule has 4 aliphatic carbocycles. The quantitative estimate of drug-likeness (QED) is 0.812. The molecule has 0 aromatic rings. The monoisotopic (exact) mass is 236 g/mol. The number of hydrogen-bond donors (Lipinski definition) is 1. The number of nitrogens with zero attached hydrogens (tertiary/aromatic N) is 1. The van der Waals surface area contributed by atoms with Crippen LogP contribution in [0.5, 0.6) is 0 Å². The highest BCUT2D eigenvalue weighted by Gasteiger charge is 2.48. The van der Waals surface area contributed by atoms with E-state index in [9.17, 15) is 0 Å². The van der Waals surface area contributed by atoms with Crippen LogP contribution >= 0.6 is 0 Å². The third-order valence-corrected chi connectivity index (χ3v) is 5.97. The Bertz CT molecular complexity index is 246. The predicted molar refractivity (Wildman–Crippen MR) is 71.7 cm³/mol. The van der Waals surface area contributed by atoms with E-state index in [1.807, 2.05) is 0 Å². The Labute approximate surface area is 106 Å². The zero-order valence-electron chi connectivity index (χ0n) is 11.4. The van der Waals surface area contributed by atoms with Crippen LogP contribution in [-0.2, 0) is 0 Å². The maximum atomic E-state index is 5.94. The van der Waals surface area contributed by atoms with Gasteiger partial charge in [-0.05, 0) is 82.2 Å². The Hall–Kier alpha value is -0.0800. The summed E-state index contributed by atoms with van der Waals surface area (Å²) in [7, 11) is 4.38. The van der Waals surface area contributed by atoms with Crippen molar-refractivity contribution < 1.29 is 0 Å². The molecule has 4 fully saturated rings. The molecule has 1 unspecified atom stereocenters. The second kappa shape index (κ2) is 4.55. The number of hydrogen-bond acceptors (Lipinski definition) is 2. The van der Waals surface area contributed by atoms with Crippen molar-refractivity contribution in [3.63, 3.8) is 0 Å². The fraction of sp³-hybridized carbons (Fsp3) is 1.00. The van der Waals surface area contributed by atoms with Gasteiger partial charge in [-0.3, -0.25) is 0 Å². The Kier molecular flexibility index (Phi) is 3.20. The SMILES string of the molecule is CN(C)C(CN)CC1C2CC3CC(C2)CC1C3. The molecule has 4 rings (SSSR count). The summed E-state index contributed by atoms with van der Waals surface area (Å²) in [6.45, 7) is 0.829. The molecule has 0 spiro atoms. The fourth-order valence-corrected chi connectivity index (χ4v) is 5.25. The maximum absolute atomic E-state index is 5.94. The molecule has 2 heteroatoms. The van der Waals surface area contributed by atoms with Crippen molar-refractivity contribution in [3.8, 4) is 0 Å². The van der Waals surface area contributed by atoms with Crippen LogP contribution in [0.15, 0.2) is 0 Å². The zero-order chi connectivity index (χ0) is 12.0. The first-order valence-electron chi connectivity index (χ1n) is 7.53. The van der Waals surface area contributed by atoms with Crippen LogP contribution < -0.4 is 5.73 Å². The second-order valence-corrected chi connectivity index (χ2v) is 7.18. The lowest BCUT2D eigenvalue weighted by Crippen LogP contribution is -2.48. The molecule has 2 nitrogen and oxygen atoms in total. The smallest absolute Gasteiger partial charge is 0.0215 e. The van der Waals surface area contributed by atoms with Gasteiger partial charge in [0.15, 0.2) is 0 Å². The summed E-state index contributed by atoms with van der Waals surface area (Å²) < 4.78 is 0. The van der Waals surface area contributed by atoms with E-state index in [1.54, 1.807) is 32.1 Å². The van der Waals surface area contributed by atoms with Gasteiger partial charge in [-0.1, -0.05) is 0 Å². The van der Waals surface area contributed by atoms with E-state index < -0.39 is 0 Å². The minimum Gasteiger partial charge on any atom is -0.329 e. The van der Waals surface area contributed by atoms with E-state index in [2.05, 4.69) is 19.0 Å². The predicted octanol–water partition coefficient (Wildman–Crippen LogP) is 2.34. The Morgan fingerprint density at radius 2 is 1.53 bits per heavy atom. The van der Waals surface area contributed by atoms with Crippen LogP contribution in [0.3, 0.4) is 0 Å². The first-order valence-corrected chi connectivity index (χ1v) is 7.53. The van der Waals surface area contributed by atoms with Crippen LogP contribution in [0.1, 0.15) is 38.5 Å². The lowest BCUT2D eigenvalue weighted by atomic mass is 9.51. The van der Waals surface area contributed by atoms with Crippen LogP contribution in [-0.4, -0.2) is 31.6 Å². The first kappa shape index (κ1) is 12.0. The molecule has 1 atom stereocenters. The van der Waals surface area contributed by atoms with E-state index in [1.165, 1.54) is 6.42 Å². The second-order valence-electron chi connectivity index (χ2n) is 7.18. The van der Waals surface area contributed by atoms with Gasteiger partial charge < -0.3 is 10.6 Å². The number of nitrogens with two attached hydrogens (primary N) is 1. The molecule has 4 aliphatic rings. The van der Waals surface area contributed by atoms with Crippen molar-refractivity contribution in [2.24, 2.45) is 35.3 Å². The molecule has 0 aliphatic heterocycles. The first-order chi connectivity index (χ1) is 8.17. The molecule has 0 radical (unpaired) electrons. The van der Waals surface area contributed by atoms with Gasteiger partial charge in [0.2, 0.25) is 0 Å². The Balaban J connectivity index is 1.67. The summed E-state index contributed by atoms with van der Waals surface area (Å²) in [5.41, 5.74) is 5.94. The van der Waals surface area contributed by atoms with E-state index in [-0.39, 0.29) is 0 Å². The highest BCUT2D eigenvalue weighted by molar-refractivity contribution is 4.99. The molecule has 0 amide bonds. The van der Waals surface area contributed by atoms with Crippen molar-refractivity contribution in [2.45, 2.75) is 44.6 Å². The highest BCUT2D eigenvalue weighted by atomic mass is 15.1. The number of likely N-dealkylation sites (N-methyl/N-ethyl adjacent to an activating group) is 1. The molecule has 0 aromatic heterocycles. The average Bonchev–Trinajstić information content (AvgIpc) is 2.27. The molecule has 0 heterocycles. The Morgan fingerprint density at radius 3 is 1.94 bits per heavy atom. The minimum atomic E-state index is 0.609. The van der Waals surface area contributed by atoms with Gasteiger partial charge in [0.1, 0.15) is 0 Å². The van der Waals surface area contributed by atoms with Crippen LogP contribution in [0.4, 0.5) is 0 Å². The minimum absolute atomic E-state index is 0.609. The standard InChI is InChI=1S/C15H28N2/c1-17(2)14(9-16)8-15-12-4-10-3-11(6-12)7-13(15)5-10/h10-15H,3-9,16H2,1-2H3. The van der Waals surface area contributed by atoms with Gasteiger partial charge in [0.25, 0.3) is 0 Å². The molecule has 4 bridgehead atoms. The van der Waals surface area contributed by atoms with Gasteiger partial charge in [0.05, 0.1) is 0 Å². The van der Waals surface area contributed by atoms with Gasteiger partial charge in [-0.15, -0.1) is 0 Å². The third kappa shape index (κ3) is 2.15. The number of rotatable bonds is 4. The fourth-order valence-electron chi connectivity index (χ4n) is 5.25. The van der Waals surface area contributed by atoms with Gasteiger partial charge >= 0.3 is 0 Å². The van der Waals surface area contributed by atoms with Crippen molar-refractivity contribution in [1.29, 1.82) is 0 Å². The summed E-state index contributed by atoms with van der Waals surface area (Å²) in [5.74, 6) is 5.31. The van der Waals surface area contributed by atoms with Crippen LogP contribution in [0.2, 0.25) is 0 Å². The maximum Gasteiger partial charge on any atom is 0.0215 e. The molecule has 2 N–H and O–H groups in total. The van der Waals surface area contributed by atoms with Crippen molar-refractivity contribution in [1.82, 2.24) is 4.90 Å². The van der Waals surface area contributed by atoms with Crippen molar-refractivity contribution in [3.05, 3.63) is 0 Å². The molecule has 0 saturated heterocycles. The summed E-state index contributed by atoms with van der Waals surface area (Å²) in [6, 6.07) is 0.609. The molecule has 17 heavy (non-hydrogen) atoms. The average molecular weight is 236 g/mol. The molecule has 4 saturated carbocycles. The largest absolute Gasteiger partial charge is 0.329 e. The summed E-state index contributed by atoms with van der Waals surface area (Å²) in [6.07, 6.45) is 9.10. The topological polar surface area (TPSA) is 29.3 Å². The van der Waals surface area contributed by atoms with E-state index in [0.29, 0.717) is 6.04 Å². The summed E-state index contributed by atoms with van der Waals surface area (Å²) in [4.78, 5) is 2.34. The van der Waals surface area contributed by atoms with E-state index in [4.69, 9.17) is 5.73 Å². The van der Waals surface area contributed by atoms with Crippen LogP contribution in [0.25, 0.3) is 0 Å². The van der Waals surface area contributed by atoms with Gasteiger partial charge in [-0.2, -0.15) is 0 Å². The van der Waals surface area contributed by atoms with E-state index >= 15 is 0 Å². The molecule has 98 valence electrons. The van der Waals surface area contributed by atoms with Crippen molar-refractivity contribution in [2.75, 3.05) is 20.6 Å². The highest BCUT2D eigenvalue weighted by Crippen LogP contribution is 2.57. The normalized spacial score (nSPS) is 45.5. The lowest BCUT2D eigenvalue weighted by Gasteiger charge is -2.55.